The van der Waals surface area contributed by atoms with Gasteiger partial charge in [-0.1, -0.05) is 54.2 Å². The maximum atomic E-state index is 12.1. The van der Waals surface area contributed by atoms with Crippen molar-refractivity contribution in [3.63, 3.8) is 0 Å². The molecule has 1 atom stereocenters. The van der Waals surface area contributed by atoms with E-state index >= 15 is 0 Å². The van der Waals surface area contributed by atoms with E-state index in [2.05, 4.69) is 36.4 Å². The Hall–Kier alpha value is -1.81. The van der Waals surface area contributed by atoms with Gasteiger partial charge >= 0.3 is 0 Å². The number of carbonyl (C=O) groups is 2. The highest BCUT2D eigenvalue weighted by Gasteiger charge is 2.29. The lowest BCUT2D eigenvalue weighted by molar-refractivity contribution is -0.127. The minimum Gasteiger partial charge on any atom is -0.342 e. The van der Waals surface area contributed by atoms with Gasteiger partial charge in [0.25, 0.3) is 0 Å². The standard InChI is InChI=1S/C19H21NO2S/c1-14(21)23-13-15-11-19(22)20(12-15)10-9-17-7-4-6-16-5-2-3-8-18(16)17/h2-8,15H,9-13H2,1H3. The number of hydrogen-bond acceptors (Lipinski definition) is 3. The van der Waals surface area contributed by atoms with Crippen LogP contribution < -0.4 is 0 Å². The Morgan fingerprint density at radius 2 is 2.00 bits per heavy atom. The minimum atomic E-state index is 0.131. The van der Waals surface area contributed by atoms with Crippen LogP contribution in [-0.2, 0) is 16.0 Å². The second-order valence-corrected chi connectivity index (χ2v) is 7.30. The molecule has 1 heterocycles. The van der Waals surface area contributed by atoms with Crippen molar-refractivity contribution in [1.29, 1.82) is 0 Å². The lowest BCUT2D eigenvalue weighted by atomic mass is 10.0. The molecule has 120 valence electrons. The minimum absolute atomic E-state index is 0.131. The fraction of sp³-hybridized carbons (Fsp3) is 0.368. The first-order valence-corrected chi connectivity index (χ1v) is 9.00. The second-order valence-electron chi connectivity index (χ2n) is 6.10. The molecule has 0 radical (unpaired) electrons. The van der Waals surface area contributed by atoms with Crippen LogP contribution in [0.25, 0.3) is 10.8 Å². The van der Waals surface area contributed by atoms with Crippen molar-refractivity contribution in [3.8, 4) is 0 Å². The first-order chi connectivity index (χ1) is 11.1. The maximum Gasteiger partial charge on any atom is 0.222 e. The van der Waals surface area contributed by atoms with Crippen molar-refractivity contribution in [3.05, 3.63) is 48.0 Å². The molecule has 0 aromatic heterocycles. The summed E-state index contributed by atoms with van der Waals surface area (Å²) in [4.78, 5) is 25.2. The van der Waals surface area contributed by atoms with Crippen LogP contribution in [0.3, 0.4) is 0 Å². The van der Waals surface area contributed by atoms with Crippen LogP contribution in [0.15, 0.2) is 42.5 Å². The molecule has 0 N–H and O–H groups in total. The van der Waals surface area contributed by atoms with Gasteiger partial charge in [0.1, 0.15) is 0 Å². The predicted octanol–water partition coefficient (Wildman–Crippen LogP) is 3.51. The van der Waals surface area contributed by atoms with E-state index in [4.69, 9.17) is 0 Å². The monoisotopic (exact) mass is 327 g/mol. The van der Waals surface area contributed by atoms with Crippen LogP contribution in [0, 0.1) is 5.92 Å². The Labute approximate surface area is 141 Å². The van der Waals surface area contributed by atoms with Gasteiger partial charge in [-0.15, -0.1) is 0 Å². The van der Waals surface area contributed by atoms with Gasteiger partial charge in [0.05, 0.1) is 0 Å². The summed E-state index contributed by atoms with van der Waals surface area (Å²) in [5, 5.41) is 2.64. The molecule has 3 nitrogen and oxygen atoms in total. The largest absolute Gasteiger partial charge is 0.342 e. The van der Waals surface area contributed by atoms with Crippen molar-refractivity contribution in [2.24, 2.45) is 5.92 Å². The second kappa shape index (κ2) is 7.18. The van der Waals surface area contributed by atoms with Gasteiger partial charge in [-0.2, -0.15) is 0 Å². The number of thioether (sulfide) groups is 1. The summed E-state index contributed by atoms with van der Waals surface area (Å²) < 4.78 is 0. The van der Waals surface area contributed by atoms with Crippen LogP contribution in [-0.4, -0.2) is 34.8 Å². The normalized spacial score (nSPS) is 17.9. The molecule has 1 aliphatic rings. The molecule has 1 fully saturated rings. The molecule has 1 amide bonds. The highest BCUT2D eigenvalue weighted by Crippen LogP contribution is 2.24. The SMILES string of the molecule is CC(=O)SCC1CC(=O)N(CCc2cccc3ccccc23)C1. The molecule has 1 unspecified atom stereocenters. The van der Waals surface area contributed by atoms with Crippen LogP contribution in [0.5, 0.6) is 0 Å². The molecular formula is C19H21NO2S. The quantitative estimate of drug-likeness (QED) is 0.843. The van der Waals surface area contributed by atoms with Gasteiger partial charge in [0.2, 0.25) is 5.91 Å². The van der Waals surface area contributed by atoms with Crippen LogP contribution >= 0.6 is 11.8 Å². The van der Waals surface area contributed by atoms with E-state index in [0.717, 1.165) is 25.3 Å². The molecule has 0 aliphatic carbocycles. The first-order valence-electron chi connectivity index (χ1n) is 8.01. The van der Waals surface area contributed by atoms with E-state index in [9.17, 15) is 9.59 Å². The predicted molar refractivity (Wildman–Crippen MR) is 95.5 cm³/mol. The highest BCUT2D eigenvalue weighted by atomic mass is 32.2. The Kier molecular flexibility index (Phi) is 5.01. The molecule has 2 aromatic rings. The molecule has 4 heteroatoms. The average molecular weight is 327 g/mol. The van der Waals surface area contributed by atoms with E-state index in [1.165, 1.54) is 28.1 Å². The Balaban J connectivity index is 1.61. The van der Waals surface area contributed by atoms with Gasteiger partial charge in [-0.05, 0) is 28.7 Å². The summed E-state index contributed by atoms with van der Waals surface area (Å²) in [6.07, 6.45) is 1.45. The summed E-state index contributed by atoms with van der Waals surface area (Å²) in [5.41, 5.74) is 1.29. The number of nitrogens with zero attached hydrogens (tertiary/aromatic N) is 1. The van der Waals surface area contributed by atoms with Gasteiger partial charge in [0, 0.05) is 32.2 Å². The molecule has 2 aromatic carbocycles. The molecular weight excluding hydrogens is 306 g/mol. The molecule has 0 saturated carbocycles. The lowest BCUT2D eigenvalue weighted by Crippen LogP contribution is -2.27. The Morgan fingerprint density at radius 1 is 1.22 bits per heavy atom. The number of hydrogen-bond donors (Lipinski definition) is 0. The van der Waals surface area contributed by atoms with Crippen LogP contribution in [0.1, 0.15) is 18.9 Å². The Bertz CT molecular complexity index is 723. The van der Waals surface area contributed by atoms with Gasteiger partial charge in [0.15, 0.2) is 5.12 Å². The third-order valence-corrected chi connectivity index (χ3v) is 5.39. The molecule has 23 heavy (non-hydrogen) atoms. The van der Waals surface area contributed by atoms with Crippen molar-refractivity contribution >= 4 is 33.6 Å². The number of benzene rings is 2. The number of likely N-dealkylation sites (tertiary alicyclic amines) is 1. The van der Waals surface area contributed by atoms with E-state index in [0.29, 0.717) is 12.3 Å². The van der Waals surface area contributed by atoms with Crippen molar-refractivity contribution in [2.45, 2.75) is 19.8 Å². The molecule has 3 rings (SSSR count). The summed E-state index contributed by atoms with van der Waals surface area (Å²) in [6.45, 7) is 3.12. The molecule has 1 saturated heterocycles. The zero-order valence-corrected chi connectivity index (χ0v) is 14.1. The number of rotatable bonds is 5. The molecule has 0 bridgehead atoms. The van der Waals surface area contributed by atoms with Gasteiger partial charge in [-0.3, -0.25) is 9.59 Å². The fourth-order valence-corrected chi connectivity index (χ4v) is 3.88. The topological polar surface area (TPSA) is 37.4 Å². The van der Waals surface area contributed by atoms with Crippen molar-refractivity contribution < 1.29 is 9.59 Å². The van der Waals surface area contributed by atoms with Crippen LogP contribution in [0.2, 0.25) is 0 Å². The summed E-state index contributed by atoms with van der Waals surface area (Å²) in [6, 6.07) is 14.7. The summed E-state index contributed by atoms with van der Waals surface area (Å²) in [5.74, 6) is 1.29. The number of fused-ring (bicyclic) bond motifs is 1. The van der Waals surface area contributed by atoms with Gasteiger partial charge in [-0.25, -0.2) is 0 Å². The lowest BCUT2D eigenvalue weighted by Gasteiger charge is -2.17. The van der Waals surface area contributed by atoms with Crippen molar-refractivity contribution in [2.75, 3.05) is 18.8 Å². The van der Waals surface area contributed by atoms with E-state index < -0.39 is 0 Å². The number of carbonyl (C=O) groups excluding carboxylic acids is 2. The fourth-order valence-electron chi connectivity index (χ4n) is 3.18. The third-order valence-electron chi connectivity index (χ3n) is 4.35. The highest BCUT2D eigenvalue weighted by molar-refractivity contribution is 8.13. The Morgan fingerprint density at radius 3 is 2.83 bits per heavy atom. The average Bonchev–Trinajstić information content (AvgIpc) is 2.91. The maximum absolute atomic E-state index is 12.1. The third kappa shape index (κ3) is 3.94. The van der Waals surface area contributed by atoms with E-state index in [-0.39, 0.29) is 11.0 Å². The molecule has 1 aliphatic heterocycles. The van der Waals surface area contributed by atoms with E-state index in [1.54, 1.807) is 6.92 Å². The smallest absolute Gasteiger partial charge is 0.222 e. The number of amides is 1. The zero-order valence-electron chi connectivity index (χ0n) is 13.3. The molecule has 0 spiro atoms. The van der Waals surface area contributed by atoms with E-state index in [1.807, 2.05) is 11.0 Å². The van der Waals surface area contributed by atoms with Gasteiger partial charge < -0.3 is 4.90 Å². The summed E-state index contributed by atoms with van der Waals surface area (Å²) in [7, 11) is 0. The summed E-state index contributed by atoms with van der Waals surface area (Å²) >= 11 is 1.33. The van der Waals surface area contributed by atoms with Crippen molar-refractivity contribution in [1.82, 2.24) is 4.90 Å². The zero-order chi connectivity index (χ0) is 16.2. The first kappa shape index (κ1) is 16.1. The van der Waals surface area contributed by atoms with Crippen LogP contribution in [0.4, 0.5) is 0 Å².